The van der Waals surface area contributed by atoms with E-state index in [1.165, 1.54) is 0 Å². The first-order valence-corrected chi connectivity index (χ1v) is 7.79. The molecule has 0 aliphatic carbocycles. The quantitative estimate of drug-likeness (QED) is 0.887. The summed E-state index contributed by atoms with van der Waals surface area (Å²) >= 11 is 5.70. The van der Waals surface area contributed by atoms with Crippen molar-refractivity contribution in [3.8, 4) is 0 Å². The van der Waals surface area contributed by atoms with E-state index in [-0.39, 0.29) is 17.0 Å². The number of nitrogens with one attached hydrogen (secondary N) is 1. The van der Waals surface area contributed by atoms with Crippen LogP contribution in [0.1, 0.15) is 31.1 Å². The van der Waals surface area contributed by atoms with Gasteiger partial charge >= 0.3 is 0 Å². The third kappa shape index (κ3) is 3.91. The normalized spacial score (nSPS) is 13.3. The molecule has 3 N–H and O–H groups in total. The fourth-order valence-corrected chi connectivity index (χ4v) is 2.32. The lowest BCUT2D eigenvalue weighted by Crippen LogP contribution is -2.36. The summed E-state index contributed by atoms with van der Waals surface area (Å²) < 4.78 is 36.6. The van der Waals surface area contributed by atoms with E-state index >= 15 is 0 Å². The van der Waals surface area contributed by atoms with Crippen molar-refractivity contribution >= 4 is 27.5 Å². The Morgan fingerprint density at radius 3 is 2.35 bits per heavy atom. The monoisotopic (exact) mass is 322 g/mol. The van der Waals surface area contributed by atoms with Gasteiger partial charge in [0.05, 0.1) is 5.56 Å². The number of sulfonamides is 1. The highest BCUT2D eigenvalue weighted by molar-refractivity contribution is 7.89. The molecule has 1 amide bonds. The van der Waals surface area contributed by atoms with Crippen LogP contribution in [0.3, 0.4) is 0 Å². The Morgan fingerprint density at radius 1 is 1.35 bits per heavy atom. The Morgan fingerprint density at radius 2 is 1.90 bits per heavy atom. The summed E-state index contributed by atoms with van der Waals surface area (Å²) in [6, 6.07) is 1.72. The molecule has 0 heterocycles. The topological polar surface area (TPSA) is 89.3 Å². The minimum Gasteiger partial charge on any atom is -0.349 e. The maximum atomic E-state index is 14.1. The summed E-state index contributed by atoms with van der Waals surface area (Å²) in [5.74, 6) is -1.81. The SMILES string of the molecule is CC(C)C(C)NC(=O)c1cc(Cl)cc(S(N)(=O)=O)c1F. The van der Waals surface area contributed by atoms with Crippen LogP contribution in [0.15, 0.2) is 17.0 Å². The zero-order valence-electron chi connectivity index (χ0n) is 11.3. The predicted octanol–water partition coefficient (Wildman–Crippen LogP) is 1.90. The second kappa shape index (κ2) is 6.07. The summed E-state index contributed by atoms with van der Waals surface area (Å²) in [5, 5.41) is 7.37. The van der Waals surface area contributed by atoms with Crippen LogP contribution in [0, 0.1) is 11.7 Å². The molecule has 20 heavy (non-hydrogen) atoms. The van der Waals surface area contributed by atoms with Crippen LogP contribution in [0.25, 0.3) is 0 Å². The van der Waals surface area contributed by atoms with Gasteiger partial charge in [0.2, 0.25) is 10.0 Å². The molecule has 0 aliphatic rings. The molecule has 5 nitrogen and oxygen atoms in total. The maximum Gasteiger partial charge on any atom is 0.254 e. The van der Waals surface area contributed by atoms with Crippen LogP contribution in [-0.2, 0) is 10.0 Å². The number of carbonyl (C=O) groups is 1. The van der Waals surface area contributed by atoms with E-state index in [9.17, 15) is 17.6 Å². The van der Waals surface area contributed by atoms with Gasteiger partial charge in [-0.2, -0.15) is 0 Å². The Balaban J connectivity index is 3.26. The third-order valence-electron chi connectivity index (χ3n) is 2.91. The van der Waals surface area contributed by atoms with Gasteiger partial charge in [-0.05, 0) is 25.0 Å². The number of primary sulfonamides is 1. The second-order valence-corrected chi connectivity index (χ2v) is 6.78. The maximum absolute atomic E-state index is 14.1. The van der Waals surface area contributed by atoms with Crippen molar-refractivity contribution in [3.63, 3.8) is 0 Å². The van der Waals surface area contributed by atoms with Crippen LogP contribution in [-0.4, -0.2) is 20.4 Å². The lowest BCUT2D eigenvalue weighted by atomic mass is 10.1. The van der Waals surface area contributed by atoms with Crippen molar-refractivity contribution in [3.05, 3.63) is 28.5 Å². The lowest BCUT2D eigenvalue weighted by molar-refractivity contribution is 0.0926. The van der Waals surface area contributed by atoms with Crippen molar-refractivity contribution < 1.29 is 17.6 Å². The van der Waals surface area contributed by atoms with Crippen molar-refractivity contribution in [1.82, 2.24) is 5.32 Å². The number of halogens is 2. The highest BCUT2D eigenvalue weighted by Gasteiger charge is 2.23. The average Bonchev–Trinajstić information content (AvgIpc) is 2.29. The van der Waals surface area contributed by atoms with Gasteiger partial charge in [-0.15, -0.1) is 0 Å². The molecule has 0 fully saturated rings. The van der Waals surface area contributed by atoms with Gasteiger partial charge in [-0.3, -0.25) is 4.79 Å². The fraction of sp³-hybridized carbons (Fsp3) is 0.417. The first-order chi connectivity index (χ1) is 9.04. The summed E-state index contributed by atoms with van der Waals surface area (Å²) in [7, 11) is -4.30. The predicted molar refractivity (Wildman–Crippen MR) is 74.5 cm³/mol. The number of benzene rings is 1. The van der Waals surface area contributed by atoms with E-state index in [1.54, 1.807) is 6.92 Å². The molecule has 0 bridgehead atoms. The smallest absolute Gasteiger partial charge is 0.254 e. The van der Waals surface area contributed by atoms with Crippen LogP contribution in [0.2, 0.25) is 5.02 Å². The summed E-state index contributed by atoms with van der Waals surface area (Å²) in [4.78, 5) is 11.2. The van der Waals surface area contributed by atoms with E-state index in [0.717, 1.165) is 12.1 Å². The molecule has 1 aromatic rings. The molecule has 1 atom stereocenters. The Labute approximate surface area is 122 Å². The first-order valence-electron chi connectivity index (χ1n) is 5.86. The van der Waals surface area contributed by atoms with Crippen LogP contribution < -0.4 is 10.5 Å². The molecule has 1 unspecified atom stereocenters. The molecule has 8 heteroatoms. The number of carbonyl (C=O) groups excluding carboxylic acids is 1. The van der Waals surface area contributed by atoms with Gasteiger partial charge in [0.15, 0.2) is 5.82 Å². The Kier molecular flexibility index (Phi) is 5.12. The summed E-state index contributed by atoms with van der Waals surface area (Å²) in [6.45, 7) is 5.52. The molecular weight excluding hydrogens is 307 g/mol. The molecule has 1 rings (SSSR count). The highest BCUT2D eigenvalue weighted by Crippen LogP contribution is 2.23. The van der Waals surface area contributed by atoms with Crippen molar-refractivity contribution in [2.24, 2.45) is 11.1 Å². The molecule has 0 aromatic heterocycles. The van der Waals surface area contributed by atoms with Crippen LogP contribution in [0.4, 0.5) is 4.39 Å². The van der Waals surface area contributed by atoms with E-state index in [2.05, 4.69) is 5.32 Å². The number of hydrogen-bond donors (Lipinski definition) is 2. The molecule has 1 aromatic carbocycles. The lowest BCUT2D eigenvalue weighted by Gasteiger charge is -2.18. The number of nitrogens with two attached hydrogens (primary N) is 1. The molecule has 112 valence electrons. The number of amides is 1. The van der Waals surface area contributed by atoms with E-state index in [4.69, 9.17) is 16.7 Å². The third-order valence-corrected chi connectivity index (χ3v) is 4.04. The molecular formula is C12H16ClFN2O3S. The van der Waals surface area contributed by atoms with Gasteiger partial charge in [0.1, 0.15) is 4.90 Å². The number of hydrogen-bond acceptors (Lipinski definition) is 3. The summed E-state index contributed by atoms with van der Waals surface area (Å²) in [6.07, 6.45) is 0. The standard InChI is InChI=1S/C12H16ClFN2O3S/c1-6(2)7(3)16-12(17)9-4-8(13)5-10(11(9)14)20(15,18)19/h4-7H,1-3H3,(H,16,17)(H2,15,18,19). The minimum atomic E-state index is -4.30. The molecule has 0 saturated carbocycles. The van der Waals surface area contributed by atoms with E-state index in [0.29, 0.717) is 0 Å². The second-order valence-electron chi connectivity index (χ2n) is 4.82. The first kappa shape index (κ1) is 16.9. The van der Waals surface area contributed by atoms with Gasteiger partial charge in [0.25, 0.3) is 5.91 Å². The van der Waals surface area contributed by atoms with Gasteiger partial charge in [-0.25, -0.2) is 17.9 Å². The van der Waals surface area contributed by atoms with Gasteiger partial charge < -0.3 is 5.32 Å². The number of rotatable bonds is 4. The van der Waals surface area contributed by atoms with E-state index in [1.807, 2.05) is 13.8 Å². The minimum absolute atomic E-state index is 0.0854. The zero-order valence-corrected chi connectivity index (χ0v) is 12.8. The zero-order chi connectivity index (χ0) is 15.7. The van der Waals surface area contributed by atoms with Crippen molar-refractivity contribution in [2.75, 3.05) is 0 Å². The highest BCUT2D eigenvalue weighted by atomic mass is 35.5. The molecule has 0 saturated heterocycles. The van der Waals surface area contributed by atoms with E-state index < -0.39 is 32.2 Å². The van der Waals surface area contributed by atoms with Gasteiger partial charge in [-0.1, -0.05) is 25.4 Å². The molecule has 0 aliphatic heterocycles. The Hall–Kier alpha value is -1.18. The summed E-state index contributed by atoms with van der Waals surface area (Å²) in [5.41, 5.74) is -0.450. The van der Waals surface area contributed by atoms with Crippen LogP contribution in [0.5, 0.6) is 0 Å². The van der Waals surface area contributed by atoms with Gasteiger partial charge in [0, 0.05) is 11.1 Å². The van der Waals surface area contributed by atoms with Crippen LogP contribution >= 0.6 is 11.6 Å². The Bertz CT molecular complexity index is 632. The van der Waals surface area contributed by atoms with Crippen molar-refractivity contribution in [2.45, 2.75) is 31.7 Å². The van der Waals surface area contributed by atoms with Crippen molar-refractivity contribution in [1.29, 1.82) is 0 Å². The largest absolute Gasteiger partial charge is 0.349 e. The molecule has 0 spiro atoms. The average molecular weight is 323 g/mol. The fourth-order valence-electron chi connectivity index (χ4n) is 1.39. The molecule has 0 radical (unpaired) electrons.